The van der Waals surface area contributed by atoms with Crippen molar-refractivity contribution in [2.75, 3.05) is 32.7 Å². The Bertz CT molecular complexity index is 405. The molecular weight excluding hydrogens is 643 g/mol. The molecule has 0 aromatic carbocycles. The number of rotatable bonds is 5. The average molecular weight is 663 g/mol. The van der Waals surface area contributed by atoms with Gasteiger partial charge in [0.05, 0.1) is 0 Å². The third-order valence-electron chi connectivity index (χ3n) is 3.54. The molecule has 0 aromatic rings. The van der Waals surface area contributed by atoms with Crippen LogP contribution in [0.5, 0.6) is 0 Å². The van der Waals surface area contributed by atoms with Crippen LogP contribution in [-0.2, 0) is 9.59 Å². The van der Waals surface area contributed by atoms with E-state index in [0.29, 0.717) is 19.5 Å². The van der Waals surface area contributed by atoms with Crippen molar-refractivity contribution in [3.8, 4) is 0 Å². The fourth-order valence-corrected chi connectivity index (χ4v) is 3.90. The number of carbonyl (C=O) groups is 2. The maximum absolute atomic E-state index is 12.3. The molecule has 20 heavy (non-hydrogen) atoms. The van der Waals surface area contributed by atoms with E-state index in [2.05, 4.69) is 18.7 Å². The molecule has 1 aliphatic rings. The van der Waals surface area contributed by atoms with E-state index in [1.54, 1.807) is 0 Å². The van der Waals surface area contributed by atoms with Crippen LogP contribution in [0.15, 0.2) is 18.4 Å². The molecule has 1 amide bonds. The SMILES string of the molecule is CCN(CC)CCC(=O)N1C/C(=[CH]\[Pb])C(=O)/C(=[CH]/[Pb])C1. The number of amides is 1. The van der Waals surface area contributed by atoms with E-state index in [1.165, 1.54) is 0 Å². The zero-order chi connectivity index (χ0) is 15.1. The summed E-state index contributed by atoms with van der Waals surface area (Å²) in [7, 11) is 0. The van der Waals surface area contributed by atoms with Gasteiger partial charge in [0, 0.05) is 0 Å². The van der Waals surface area contributed by atoms with Crippen LogP contribution in [0.2, 0.25) is 0 Å². The van der Waals surface area contributed by atoms with Crippen molar-refractivity contribution in [1.29, 1.82) is 0 Å². The number of Topliss-reactive ketones (excluding diaryl/α,β-unsaturated/α-hetero) is 1. The second-order valence-corrected chi connectivity index (χ2v) is 6.94. The number of nitrogens with zero attached hydrogens (tertiary/aromatic N) is 2. The number of likely N-dealkylation sites (tertiary alicyclic amines) is 1. The average Bonchev–Trinajstić information content (AvgIpc) is 2.48. The second kappa shape index (κ2) is 9.44. The first-order chi connectivity index (χ1) is 9.57. The van der Waals surface area contributed by atoms with Gasteiger partial charge in [0.1, 0.15) is 0 Å². The molecule has 0 aromatic heterocycles. The molecule has 106 valence electrons. The van der Waals surface area contributed by atoms with E-state index in [9.17, 15) is 9.59 Å². The predicted molar refractivity (Wildman–Crippen MR) is 81.7 cm³/mol. The van der Waals surface area contributed by atoms with Crippen molar-refractivity contribution in [3.05, 3.63) is 18.4 Å². The Morgan fingerprint density at radius 3 is 2.10 bits per heavy atom. The van der Waals surface area contributed by atoms with Crippen LogP contribution in [-0.4, -0.2) is 106 Å². The standard InChI is InChI=1S/C14H20N2O2.2Pb/c1-5-15(6-2)8-7-13(17)16-9-11(3)14(18)12(4)10-16;;/h3-4H,5-10H2,1-2H3;;. The van der Waals surface area contributed by atoms with Crippen LogP contribution in [0.1, 0.15) is 20.3 Å². The maximum atomic E-state index is 12.3. The van der Waals surface area contributed by atoms with E-state index in [4.69, 9.17) is 0 Å². The number of hydrogen-bond acceptors (Lipinski definition) is 3. The normalized spacial score (nSPS) is 20.2. The van der Waals surface area contributed by atoms with Gasteiger partial charge in [0.15, 0.2) is 0 Å². The first-order valence-electron chi connectivity index (χ1n) is 6.84. The summed E-state index contributed by atoms with van der Waals surface area (Å²) in [4.78, 5) is 28.5. The summed E-state index contributed by atoms with van der Waals surface area (Å²) in [5.74, 6) is 0.314. The molecule has 0 N–H and O–H groups in total. The Balaban J connectivity index is 2.67. The molecule has 1 saturated heterocycles. The third kappa shape index (κ3) is 5.01. The van der Waals surface area contributed by atoms with E-state index in [-0.39, 0.29) is 11.7 Å². The van der Waals surface area contributed by atoms with Crippen LogP contribution in [0.3, 0.4) is 0 Å². The number of ketones is 1. The van der Waals surface area contributed by atoms with Gasteiger partial charge in [0.25, 0.3) is 0 Å². The van der Waals surface area contributed by atoms with Crippen LogP contribution in [0, 0.1) is 0 Å². The molecule has 1 rings (SSSR count). The Morgan fingerprint density at radius 2 is 1.70 bits per heavy atom. The van der Waals surface area contributed by atoms with Gasteiger partial charge in [-0.25, -0.2) is 0 Å². The zero-order valence-electron chi connectivity index (χ0n) is 12.1. The zero-order valence-corrected chi connectivity index (χ0v) is 19.9. The number of piperidine rings is 1. The summed E-state index contributed by atoms with van der Waals surface area (Å²) in [6.45, 7) is 7.96. The van der Waals surface area contributed by atoms with E-state index in [1.807, 2.05) is 12.2 Å². The molecule has 1 heterocycles. The van der Waals surface area contributed by atoms with Gasteiger partial charge in [-0.15, -0.1) is 0 Å². The molecule has 1 aliphatic heterocycles. The minimum atomic E-state index is 0.155. The van der Waals surface area contributed by atoms with Gasteiger partial charge >= 0.3 is 154 Å². The summed E-state index contributed by atoms with van der Waals surface area (Å²) >= 11 is 1.71. The van der Waals surface area contributed by atoms with E-state index < -0.39 is 0 Å². The predicted octanol–water partition coefficient (Wildman–Crippen LogP) is 0.234. The van der Waals surface area contributed by atoms with Gasteiger partial charge in [-0.2, -0.15) is 0 Å². The molecule has 0 unspecified atom stereocenters. The summed E-state index contributed by atoms with van der Waals surface area (Å²) in [6, 6.07) is 0. The Kier molecular flexibility index (Phi) is 8.72. The molecular formula is C14H20N2O2Pb2. The van der Waals surface area contributed by atoms with Crippen molar-refractivity contribution >= 4 is 63.2 Å². The first-order valence-corrected chi connectivity index (χ1v) is 11.3. The van der Waals surface area contributed by atoms with Crippen LogP contribution in [0.25, 0.3) is 0 Å². The molecule has 4 nitrogen and oxygen atoms in total. The fraction of sp³-hybridized carbons (Fsp3) is 0.571. The second-order valence-electron chi connectivity index (χ2n) is 4.69. The topological polar surface area (TPSA) is 40.6 Å². The molecule has 0 spiro atoms. The summed E-state index contributed by atoms with van der Waals surface area (Å²) in [5.41, 5.74) is 1.61. The first kappa shape index (κ1) is 18.5. The van der Waals surface area contributed by atoms with Crippen molar-refractivity contribution in [2.45, 2.75) is 20.3 Å². The van der Waals surface area contributed by atoms with Crippen LogP contribution in [0.4, 0.5) is 0 Å². The molecule has 0 atom stereocenters. The number of carbonyl (C=O) groups excluding carboxylic acids is 2. The van der Waals surface area contributed by atoms with Crippen LogP contribution < -0.4 is 0 Å². The van der Waals surface area contributed by atoms with Crippen molar-refractivity contribution in [3.63, 3.8) is 0 Å². The molecule has 0 saturated carbocycles. The van der Waals surface area contributed by atoms with Gasteiger partial charge in [-0.1, -0.05) is 0 Å². The van der Waals surface area contributed by atoms with Gasteiger partial charge in [-0.3, -0.25) is 0 Å². The fourth-order valence-electron chi connectivity index (χ4n) is 2.17. The van der Waals surface area contributed by atoms with E-state index >= 15 is 0 Å². The third-order valence-corrected chi connectivity index (χ3v) is 6.25. The van der Waals surface area contributed by atoms with Crippen molar-refractivity contribution in [1.82, 2.24) is 9.80 Å². The molecule has 0 bridgehead atoms. The van der Waals surface area contributed by atoms with Crippen molar-refractivity contribution in [2.24, 2.45) is 0 Å². The van der Waals surface area contributed by atoms with Gasteiger partial charge in [-0.05, 0) is 0 Å². The molecule has 6 heteroatoms. The Labute approximate surface area is 153 Å². The Hall–Kier alpha value is 0.424. The summed E-state index contributed by atoms with van der Waals surface area (Å²) in [5, 5.41) is 0. The van der Waals surface area contributed by atoms with Crippen molar-refractivity contribution < 1.29 is 9.59 Å². The van der Waals surface area contributed by atoms with Gasteiger partial charge in [0.2, 0.25) is 0 Å². The molecule has 0 aliphatic carbocycles. The monoisotopic (exact) mass is 664 g/mol. The quantitative estimate of drug-likeness (QED) is 0.313. The van der Waals surface area contributed by atoms with Gasteiger partial charge < -0.3 is 0 Å². The Morgan fingerprint density at radius 1 is 1.20 bits per heavy atom. The van der Waals surface area contributed by atoms with Crippen LogP contribution >= 0.6 is 0 Å². The minimum absolute atomic E-state index is 0.155. The summed E-state index contributed by atoms with van der Waals surface area (Å²) in [6.07, 6.45) is 0.540. The molecule has 6 radical (unpaired) electrons. The molecule has 1 fully saturated rings. The summed E-state index contributed by atoms with van der Waals surface area (Å²) < 4.78 is 3.94. The van der Waals surface area contributed by atoms with E-state index in [0.717, 1.165) is 82.3 Å². The number of hydrogen-bond donors (Lipinski definition) is 0.